The summed E-state index contributed by atoms with van der Waals surface area (Å²) < 4.78 is 5.65. The number of benzene rings is 2. The minimum Gasteiger partial charge on any atom is -0.428 e. The quantitative estimate of drug-likeness (QED) is 0.822. The molecule has 0 radical (unpaired) electrons. The summed E-state index contributed by atoms with van der Waals surface area (Å²) in [6, 6.07) is 14.6. The first-order valence-corrected chi connectivity index (χ1v) is 6.41. The molecule has 3 rings (SSSR count). The van der Waals surface area contributed by atoms with Crippen LogP contribution >= 0.6 is 23.2 Å². The second-order valence-electron chi connectivity index (χ2n) is 3.95. The van der Waals surface area contributed by atoms with Crippen LogP contribution in [0.1, 0.15) is 17.4 Å². The van der Waals surface area contributed by atoms with Gasteiger partial charge < -0.3 is 9.57 Å². The molecular weight excluding hydrogens is 285 g/mol. The average Bonchev–Trinajstić information content (AvgIpc) is 2.89. The topological polar surface area (TPSA) is 30.8 Å². The van der Waals surface area contributed by atoms with Gasteiger partial charge in [-0.05, 0) is 29.4 Å². The van der Waals surface area contributed by atoms with Gasteiger partial charge in [-0.1, -0.05) is 47.5 Å². The third kappa shape index (κ3) is 2.39. The second kappa shape index (κ2) is 5.11. The summed E-state index contributed by atoms with van der Waals surface area (Å²) >= 11 is 12.2. The predicted molar refractivity (Wildman–Crippen MR) is 74.4 cm³/mol. The highest BCUT2D eigenvalue weighted by molar-refractivity contribution is 6.33. The van der Waals surface area contributed by atoms with E-state index in [9.17, 15) is 0 Å². The van der Waals surface area contributed by atoms with E-state index in [2.05, 4.69) is 5.16 Å². The maximum absolute atomic E-state index is 6.09. The molecule has 0 aliphatic carbocycles. The van der Waals surface area contributed by atoms with E-state index >= 15 is 0 Å². The summed E-state index contributed by atoms with van der Waals surface area (Å²) in [5.74, 6) is 0.357. The molecule has 2 aromatic rings. The van der Waals surface area contributed by atoms with E-state index < -0.39 is 6.29 Å². The van der Waals surface area contributed by atoms with E-state index in [0.717, 1.165) is 5.56 Å². The van der Waals surface area contributed by atoms with Crippen LogP contribution < -0.4 is 0 Å². The lowest BCUT2D eigenvalue weighted by Crippen LogP contribution is -2.06. The van der Waals surface area contributed by atoms with Gasteiger partial charge in [0.2, 0.25) is 0 Å². The maximum Gasteiger partial charge on any atom is 0.295 e. The molecule has 1 atom stereocenters. The van der Waals surface area contributed by atoms with Gasteiger partial charge in [0, 0.05) is 0 Å². The van der Waals surface area contributed by atoms with Crippen molar-refractivity contribution in [1.82, 2.24) is 0 Å². The van der Waals surface area contributed by atoms with E-state index in [4.69, 9.17) is 32.8 Å². The number of hydrogen-bond donors (Lipinski definition) is 0. The molecule has 0 spiro atoms. The average molecular weight is 294 g/mol. The third-order valence-corrected chi connectivity index (χ3v) is 3.39. The van der Waals surface area contributed by atoms with Crippen LogP contribution in [0.5, 0.6) is 0 Å². The Balaban J connectivity index is 1.85. The van der Waals surface area contributed by atoms with E-state index in [-0.39, 0.29) is 0 Å². The highest BCUT2D eigenvalue weighted by atomic mass is 35.5. The Bertz CT molecular complexity index is 643. The van der Waals surface area contributed by atoms with Gasteiger partial charge in [0.1, 0.15) is 0 Å². The van der Waals surface area contributed by atoms with Crippen molar-refractivity contribution in [2.45, 2.75) is 6.29 Å². The third-order valence-electron chi connectivity index (χ3n) is 2.71. The summed E-state index contributed by atoms with van der Waals surface area (Å²) in [7, 11) is 0. The lowest BCUT2D eigenvalue weighted by Gasteiger charge is -2.11. The minimum atomic E-state index is -0.639. The molecule has 5 heteroatoms. The lowest BCUT2D eigenvalue weighted by molar-refractivity contribution is -0.0497. The number of hydrogen-bond acceptors (Lipinski definition) is 3. The Kier molecular flexibility index (Phi) is 3.32. The molecule has 3 nitrogen and oxygen atoms in total. The monoisotopic (exact) mass is 293 g/mol. The number of oxime groups is 1. The zero-order chi connectivity index (χ0) is 13.2. The SMILES string of the molecule is Clc1ccccc1C1=NOC(c2ccccc2Cl)O1. The Morgan fingerprint density at radius 3 is 2.32 bits per heavy atom. The van der Waals surface area contributed by atoms with Gasteiger partial charge in [-0.25, -0.2) is 0 Å². The largest absolute Gasteiger partial charge is 0.428 e. The first kappa shape index (κ1) is 12.3. The van der Waals surface area contributed by atoms with Gasteiger partial charge in [0.15, 0.2) is 0 Å². The van der Waals surface area contributed by atoms with E-state index in [0.29, 0.717) is 21.5 Å². The molecule has 2 aromatic carbocycles. The molecule has 96 valence electrons. The fraction of sp³-hybridized carbons (Fsp3) is 0.0714. The van der Waals surface area contributed by atoms with Crippen LogP contribution in [0, 0.1) is 0 Å². The molecule has 0 fully saturated rings. The molecule has 0 amide bonds. The van der Waals surface area contributed by atoms with Crippen molar-refractivity contribution >= 4 is 29.1 Å². The molecule has 0 saturated heterocycles. The summed E-state index contributed by atoms with van der Waals surface area (Å²) in [6.07, 6.45) is -0.639. The van der Waals surface area contributed by atoms with E-state index in [1.54, 1.807) is 12.1 Å². The van der Waals surface area contributed by atoms with Crippen molar-refractivity contribution in [3.63, 3.8) is 0 Å². The van der Waals surface area contributed by atoms with Crippen LogP contribution in [-0.2, 0) is 9.57 Å². The number of halogens is 2. The lowest BCUT2D eigenvalue weighted by atomic mass is 10.2. The van der Waals surface area contributed by atoms with Crippen molar-refractivity contribution < 1.29 is 9.57 Å². The predicted octanol–water partition coefficient (Wildman–Crippen LogP) is 4.40. The van der Waals surface area contributed by atoms with Crippen LogP contribution in [0.4, 0.5) is 0 Å². The first-order valence-electron chi connectivity index (χ1n) is 5.65. The van der Waals surface area contributed by atoms with Crippen LogP contribution in [0.15, 0.2) is 53.7 Å². The molecule has 19 heavy (non-hydrogen) atoms. The Morgan fingerprint density at radius 2 is 1.58 bits per heavy atom. The van der Waals surface area contributed by atoms with Crippen molar-refractivity contribution in [2.75, 3.05) is 0 Å². The number of ether oxygens (including phenoxy) is 1. The number of nitrogens with zero attached hydrogens (tertiary/aromatic N) is 1. The van der Waals surface area contributed by atoms with Gasteiger partial charge in [0.25, 0.3) is 12.2 Å². The first-order chi connectivity index (χ1) is 9.25. The molecule has 0 N–H and O–H groups in total. The van der Waals surface area contributed by atoms with Gasteiger partial charge in [0.05, 0.1) is 21.2 Å². The Labute approximate surface area is 120 Å². The molecule has 1 aliphatic rings. The molecule has 0 aromatic heterocycles. The molecule has 1 heterocycles. The Hall–Kier alpha value is -1.71. The highest BCUT2D eigenvalue weighted by Gasteiger charge is 2.27. The molecule has 0 saturated carbocycles. The van der Waals surface area contributed by atoms with Crippen LogP contribution in [0.25, 0.3) is 0 Å². The van der Waals surface area contributed by atoms with Gasteiger partial charge >= 0.3 is 0 Å². The fourth-order valence-corrected chi connectivity index (χ4v) is 2.22. The zero-order valence-corrected chi connectivity index (χ0v) is 11.2. The smallest absolute Gasteiger partial charge is 0.295 e. The van der Waals surface area contributed by atoms with Crippen molar-refractivity contribution in [3.8, 4) is 0 Å². The summed E-state index contributed by atoms with van der Waals surface area (Å²) in [5, 5.41) is 5.05. The number of rotatable bonds is 2. The van der Waals surface area contributed by atoms with Crippen LogP contribution in [0.2, 0.25) is 10.0 Å². The second-order valence-corrected chi connectivity index (χ2v) is 4.77. The summed E-state index contributed by atoms with van der Waals surface area (Å²) in [4.78, 5) is 5.26. The minimum absolute atomic E-state index is 0.357. The molecule has 1 aliphatic heterocycles. The van der Waals surface area contributed by atoms with Crippen molar-refractivity contribution in [2.24, 2.45) is 5.16 Å². The molecule has 0 bridgehead atoms. The zero-order valence-electron chi connectivity index (χ0n) is 9.72. The standard InChI is InChI=1S/C14H9Cl2NO2/c15-11-7-3-1-5-9(11)13-17-19-14(18-13)10-6-2-4-8-12(10)16/h1-8,14H. The normalized spacial score (nSPS) is 17.6. The molecular formula is C14H9Cl2NO2. The van der Waals surface area contributed by atoms with E-state index in [1.807, 2.05) is 36.4 Å². The van der Waals surface area contributed by atoms with Crippen LogP contribution in [-0.4, -0.2) is 5.90 Å². The van der Waals surface area contributed by atoms with Gasteiger partial charge in [-0.2, -0.15) is 0 Å². The maximum atomic E-state index is 6.09. The van der Waals surface area contributed by atoms with Gasteiger partial charge in [-0.15, -0.1) is 0 Å². The highest BCUT2D eigenvalue weighted by Crippen LogP contribution is 2.32. The van der Waals surface area contributed by atoms with Crippen molar-refractivity contribution in [1.29, 1.82) is 0 Å². The summed E-state index contributed by atoms with van der Waals surface area (Å²) in [6.45, 7) is 0. The van der Waals surface area contributed by atoms with Crippen molar-refractivity contribution in [3.05, 3.63) is 69.7 Å². The molecule has 1 unspecified atom stereocenters. The van der Waals surface area contributed by atoms with E-state index in [1.165, 1.54) is 0 Å². The summed E-state index contributed by atoms with van der Waals surface area (Å²) in [5.41, 5.74) is 1.42. The Morgan fingerprint density at radius 1 is 0.895 bits per heavy atom. The van der Waals surface area contributed by atoms with Crippen LogP contribution in [0.3, 0.4) is 0 Å². The van der Waals surface area contributed by atoms with Gasteiger partial charge in [-0.3, -0.25) is 0 Å². The fourth-order valence-electron chi connectivity index (χ4n) is 1.77.